The molecule has 0 atom stereocenters. The maximum atomic E-state index is 12.8. The first-order valence-electron chi connectivity index (χ1n) is 8.59. The lowest BCUT2D eigenvalue weighted by Crippen LogP contribution is -2.37. The summed E-state index contributed by atoms with van der Waals surface area (Å²) in [4.78, 5) is 26.8. The number of amides is 2. The normalized spacial score (nSPS) is 13.4. The fourth-order valence-corrected chi connectivity index (χ4v) is 3.54. The quantitative estimate of drug-likeness (QED) is 0.716. The summed E-state index contributed by atoms with van der Waals surface area (Å²) >= 11 is 6.43. The van der Waals surface area contributed by atoms with Crippen molar-refractivity contribution in [3.05, 3.63) is 82.3 Å². The van der Waals surface area contributed by atoms with E-state index >= 15 is 0 Å². The molecule has 27 heavy (non-hydrogen) atoms. The number of benzene rings is 2. The smallest absolute Gasteiger partial charge is 0.291 e. The number of hydrogen-bond donors (Lipinski definition) is 1. The molecule has 0 spiro atoms. The van der Waals surface area contributed by atoms with Gasteiger partial charge >= 0.3 is 0 Å². The Morgan fingerprint density at radius 2 is 2.00 bits per heavy atom. The number of nitrogens with zero attached hydrogens (tertiary/aromatic N) is 1. The van der Waals surface area contributed by atoms with Crippen molar-refractivity contribution in [3.8, 4) is 0 Å². The molecule has 3 aromatic rings. The van der Waals surface area contributed by atoms with Crippen LogP contribution in [0.5, 0.6) is 0 Å². The fraction of sp³-hybridized carbons (Fsp3) is 0.143. The van der Waals surface area contributed by atoms with E-state index in [0.717, 1.165) is 17.5 Å². The highest BCUT2D eigenvalue weighted by Crippen LogP contribution is 2.32. The minimum atomic E-state index is -0.343. The van der Waals surface area contributed by atoms with Crippen molar-refractivity contribution in [2.45, 2.75) is 13.3 Å². The van der Waals surface area contributed by atoms with E-state index < -0.39 is 0 Å². The molecule has 1 aliphatic heterocycles. The Bertz CT molecular complexity index is 1040. The van der Waals surface area contributed by atoms with E-state index in [9.17, 15) is 9.59 Å². The van der Waals surface area contributed by atoms with E-state index in [-0.39, 0.29) is 17.6 Å². The van der Waals surface area contributed by atoms with Gasteiger partial charge in [0.1, 0.15) is 0 Å². The van der Waals surface area contributed by atoms with Gasteiger partial charge < -0.3 is 14.6 Å². The highest BCUT2D eigenvalue weighted by atomic mass is 35.5. The molecule has 5 nitrogen and oxygen atoms in total. The summed E-state index contributed by atoms with van der Waals surface area (Å²) in [5.74, 6) is -0.149. The van der Waals surface area contributed by atoms with Crippen LogP contribution < -0.4 is 10.2 Å². The second kappa shape index (κ2) is 6.93. The maximum absolute atomic E-state index is 12.8. The van der Waals surface area contributed by atoms with E-state index in [0.29, 0.717) is 28.5 Å². The summed E-state index contributed by atoms with van der Waals surface area (Å²) in [7, 11) is 0. The van der Waals surface area contributed by atoms with Crippen LogP contribution in [-0.2, 0) is 6.42 Å². The third kappa shape index (κ3) is 3.22. The predicted octanol–water partition coefficient (Wildman–Crippen LogP) is 4.70. The molecule has 0 radical (unpaired) electrons. The van der Waals surface area contributed by atoms with Crippen molar-refractivity contribution in [2.75, 3.05) is 16.8 Å². The summed E-state index contributed by atoms with van der Waals surface area (Å²) in [5, 5.41) is 3.16. The van der Waals surface area contributed by atoms with Gasteiger partial charge in [-0.05, 0) is 49.2 Å². The molecule has 136 valence electrons. The molecule has 6 heteroatoms. The van der Waals surface area contributed by atoms with Crippen molar-refractivity contribution in [1.82, 2.24) is 0 Å². The van der Waals surface area contributed by atoms with Gasteiger partial charge in [-0.15, -0.1) is 0 Å². The van der Waals surface area contributed by atoms with E-state index in [4.69, 9.17) is 16.0 Å². The van der Waals surface area contributed by atoms with Gasteiger partial charge in [-0.1, -0.05) is 29.8 Å². The van der Waals surface area contributed by atoms with Crippen molar-refractivity contribution in [2.24, 2.45) is 0 Å². The number of carbonyl (C=O) groups excluding carboxylic acids is 2. The second-order valence-electron chi connectivity index (χ2n) is 6.42. The van der Waals surface area contributed by atoms with Gasteiger partial charge in [0.05, 0.1) is 17.0 Å². The zero-order valence-corrected chi connectivity index (χ0v) is 15.4. The third-order valence-electron chi connectivity index (χ3n) is 4.66. The molecule has 1 N–H and O–H groups in total. The number of fused-ring (bicyclic) bond motifs is 1. The number of rotatable bonds is 3. The molecule has 2 amide bonds. The molecule has 0 fully saturated rings. The second-order valence-corrected chi connectivity index (χ2v) is 6.82. The van der Waals surface area contributed by atoms with Crippen LogP contribution in [0.3, 0.4) is 0 Å². The number of halogens is 1. The Hall–Kier alpha value is -3.05. The molecule has 1 aliphatic rings. The zero-order chi connectivity index (χ0) is 19.0. The third-order valence-corrected chi connectivity index (χ3v) is 4.97. The fourth-order valence-electron chi connectivity index (χ4n) is 3.25. The summed E-state index contributed by atoms with van der Waals surface area (Å²) in [5.41, 5.74) is 3.67. The van der Waals surface area contributed by atoms with Crippen LogP contribution in [0.2, 0.25) is 5.02 Å². The van der Waals surface area contributed by atoms with Crippen LogP contribution in [0.1, 0.15) is 32.0 Å². The summed E-state index contributed by atoms with van der Waals surface area (Å²) < 4.78 is 5.20. The Morgan fingerprint density at radius 1 is 1.19 bits per heavy atom. The molecule has 0 saturated heterocycles. The van der Waals surface area contributed by atoms with E-state index in [2.05, 4.69) is 5.32 Å². The standard InChI is InChI=1S/C21H17ClN2O3/c1-13-9-11-27-19(13)20(25)23-15-6-7-18(17(22)12-15)24-10-8-14-4-2-3-5-16(14)21(24)26/h2-7,9,11-12H,8,10H2,1H3,(H,23,25). The molecule has 0 bridgehead atoms. The molecule has 0 unspecified atom stereocenters. The Labute approximate surface area is 161 Å². The van der Waals surface area contributed by atoms with Crippen molar-refractivity contribution in [3.63, 3.8) is 0 Å². The average Bonchev–Trinajstić information content (AvgIpc) is 3.09. The van der Waals surface area contributed by atoms with Gasteiger partial charge in [-0.25, -0.2) is 0 Å². The van der Waals surface area contributed by atoms with Crippen LogP contribution in [-0.4, -0.2) is 18.4 Å². The van der Waals surface area contributed by atoms with Crippen molar-refractivity contribution in [1.29, 1.82) is 0 Å². The number of anilines is 2. The maximum Gasteiger partial charge on any atom is 0.291 e. The van der Waals surface area contributed by atoms with Gasteiger partial charge in [-0.2, -0.15) is 0 Å². The molecular weight excluding hydrogens is 364 g/mol. The van der Waals surface area contributed by atoms with Crippen LogP contribution >= 0.6 is 11.6 Å². The molecule has 2 aromatic carbocycles. The molecule has 0 aliphatic carbocycles. The van der Waals surface area contributed by atoms with Crippen molar-refractivity contribution < 1.29 is 14.0 Å². The minimum Gasteiger partial charge on any atom is -0.459 e. The number of hydrogen-bond acceptors (Lipinski definition) is 3. The van der Waals surface area contributed by atoms with Gasteiger partial charge in [0.15, 0.2) is 5.76 Å². The zero-order valence-electron chi connectivity index (χ0n) is 14.7. The van der Waals surface area contributed by atoms with E-state index in [1.165, 1.54) is 6.26 Å². The van der Waals surface area contributed by atoms with Crippen LogP contribution in [0.4, 0.5) is 11.4 Å². The first-order chi connectivity index (χ1) is 13.0. The summed E-state index contributed by atoms with van der Waals surface area (Å²) in [6, 6.07) is 14.4. The highest BCUT2D eigenvalue weighted by molar-refractivity contribution is 6.34. The first-order valence-corrected chi connectivity index (χ1v) is 8.97. The van der Waals surface area contributed by atoms with Gasteiger partial charge in [-0.3, -0.25) is 9.59 Å². The van der Waals surface area contributed by atoms with Crippen LogP contribution in [0, 0.1) is 6.92 Å². The number of aryl methyl sites for hydroxylation is 1. The topological polar surface area (TPSA) is 62.6 Å². The van der Waals surface area contributed by atoms with E-state index in [1.807, 2.05) is 24.3 Å². The number of carbonyl (C=O) groups is 2. The lowest BCUT2D eigenvalue weighted by Gasteiger charge is -2.29. The van der Waals surface area contributed by atoms with Gasteiger partial charge in [0.2, 0.25) is 0 Å². The Kier molecular flexibility index (Phi) is 4.46. The lowest BCUT2D eigenvalue weighted by atomic mass is 9.98. The summed E-state index contributed by atoms with van der Waals surface area (Å²) in [6.45, 7) is 2.36. The molecule has 0 saturated carbocycles. The van der Waals surface area contributed by atoms with Crippen LogP contribution in [0.15, 0.2) is 59.2 Å². The minimum absolute atomic E-state index is 0.0678. The Morgan fingerprint density at radius 3 is 2.74 bits per heavy atom. The predicted molar refractivity (Wildman–Crippen MR) is 105 cm³/mol. The molecule has 1 aromatic heterocycles. The lowest BCUT2D eigenvalue weighted by molar-refractivity contribution is 0.0977. The van der Waals surface area contributed by atoms with Crippen LogP contribution in [0.25, 0.3) is 0 Å². The largest absolute Gasteiger partial charge is 0.459 e. The first kappa shape index (κ1) is 17.4. The SMILES string of the molecule is Cc1ccoc1C(=O)Nc1ccc(N2CCc3ccccc3C2=O)c(Cl)c1. The molecular formula is C21H17ClN2O3. The average molecular weight is 381 g/mol. The molecule has 2 heterocycles. The molecule has 4 rings (SSSR count). The summed E-state index contributed by atoms with van der Waals surface area (Å²) in [6.07, 6.45) is 2.24. The van der Waals surface area contributed by atoms with Gasteiger partial charge in [0.25, 0.3) is 11.8 Å². The number of furan rings is 1. The van der Waals surface area contributed by atoms with Crippen molar-refractivity contribution >= 4 is 34.8 Å². The van der Waals surface area contributed by atoms with E-state index in [1.54, 1.807) is 36.1 Å². The number of nitrogens with one attached hydrogen (secondary N) is 1. The van der Waals surface area contributed by atoms with Gasteiger partial charge in [0, 0.05) is 23.4 Å². The Balaban J connectivity index is 1.57. The highest BCUT2D eigenvalue weighted by Gasteiger charge is 2.26. The monoisotopic (exact) mass is 380 g/mol.